The molecular formula is C15H19NO3. The van der Waals surface area contributed by atoms with Crippen molar-refractivity contribution in [1.29, 1.82) is 0 Å². The molecule has 0 spiro atoms. The zero-order valence-corrected chi connectivity index (χ0v) is 11.3. The molecule has 0 saturated carbocycles. The fourth-order valence-electron chi connectivity index (χ4n) is 2.22. The second kappa shape index (κ2) is 6.27. The Hall–Kier alpha value is -1.97. The van der Waals surface area contributed by atoms with Crippen LogP contribution in [0.15, 0.2) is 30.4 Å². The summed E-state index contributed by atoms with van der Waals surface area (Å²) in [4.78, 5) is 12.0. The molecule has 4 heteroatoms. The number of carbonyl (C=O) groups is 1. The van der Waals surface area contributed by atoms with Gasteiger partial charge in [0.05, 0.1) is 19.9 Å². The van der Waals surface area contributed by atoms with Crippen molar-refractivity contribution >= 4 is 11.6 Å². The summed E-state index contributed by atoms with van der Waals surface area (Å²) in [5.41, 5.74) is 0.647. The Balaban J connectivity index is 2.04. The number of allylic oxidation sites excluding steroid dienone is 2. The first-order valence-electron chi connectivity index (χ1n) is 6.41. The number of ether oxygens (including phenoxy) is 2. The van der Waals surface area contributed by atoms with Crippen LogP contribution in [-0.2, 0) is 4.79 Å². The van der Waals surface area contributed by atoms with Gasteiger partial charge in [-0.2, -0.15) is 0 Å². The topological polar surface area (TPSA) is 47.6 Å². The van der Waals surface area contributed by atoms with Gasteiger partial charge in [0, 0.05) is 12.5 Å². The SMILES string of the molecule is COc1ccc(OC)c(NC(=O)CC2C=CCC2)c1. The van der Waals surface area contributed by atoms with Crippen molar-refractivity contribution < 1.29 is 14.3 Å². The standard InChI is InChI=1S/C15H19NO3/c1-18-12-7-8-14(19-2)13(10-12)16-15(17)9-11-5-3-4-6-11/h3,5,7-8,10-11H,4,6,9H2,1-2H3,(H,16,17). The van der Waals surface area contributed by atoms with E-state index in [1.54, 1.807) is 32.4 Å². The van der Waals surface area contributed by atoms with E-state index < -0.39 is 0 Å². The Bertz CT molecular complexity index is 482. The van der Waals surface area contributed by atoms with Crippen molar-refractivity contribution in [3.63, 3.8) is 0 Å². The van der Waals surface area contributed by atoms with Crippen LogP contribution in [0.2, 0.25) is 0 Å². The van der Waals surface area contributed by atoms with Gasteiger partial charge in [-0.15, -0.1) is 0 Å². The predicted octanol–water partition coefficient (Wildman–Crippen LogP) is 3.00. The summed E-state index contributed by atoms with van der Waals surface area (Å²) >= 11 is 0. The van der Waals surface area contributed by atoms with Crippen LogP contribution in [0.5, 0.6) is 11.5 Å². The maximum atomic E-state index is 12.0. The molecule has 0 aliphatic heterocycles. The highest BCUT2D eigenvalue weighted by Crippen LogP contribution is 2.29. The first-order chi connectivity index (χ1) is 9.22. The van der Waals surface area contributed by atoms with Crippen LogP contribution in [0, 0.1) is 5.92 Å². The van der Waals surface area contributed by atoms with E-state index >= 15 is 0 Å². The van der Waals surface area contributed by atoms with Crippen LogP contribution >= 0.6 is 0 Å². The van der Waals surface area contributed by atoms with Gasteiger partial charge >= 0.3 is 0 Å². The van der Waals surface area contributed by atoms with Gasteiger partial charge in [-0.05, 0) is 30.9 Å². The molecule has 0 radical (unpaired) electrons. The molecule has 0 fully saturated rings. The van der Waals surface area contributed by atoms with E-state index in [0.29, 0.717) is 29.5 Å². The fourth-order valence-corrected chi connectivity index (χ4v) is 2.22. The minimum atomic E-state index is 0.00287. The molecule has 1 aliphatic carbocycles. The Morgan fingerprint density at radius 3 is 2.84 bits per heavy atom. The lowest BCUT2D eigenvalue weighted by Crippen LogP contribution is -2.15. The number of anilines is 1. The van der Waals surface area contributed by atoms with Crippen LogP contribution in [0.4, 0.5) is 5.69 Å². The van der Waals surface area contributed by atoms with Crippen LogP contribution in [-0.4, -0.2) is 20.1 Å². The van der Waals surface area contributed by atoms with Gasteiger partial charge < -0.3 is 14.8 Å². The highest BCUT2D eigenvalue weighted by atomic mass is 16.5. The van der Waals surface area contributed by atoms with Gasteiger partial charge in [0.2, 0.25) is 5.91 Å². The number of benzene rings is 1. The fraction of sp³-hybridized carbons (Fsp3) is 0.400. The normalized spacial score (nSPS) is 17.3. The van der Waals surface area contributed by atoms with Gasteiger partial charge in [0.1, 0.15) is 11.5 Å². The largest absolute Gasteiger partial charge is 0.497 e. The van der Waals surface area contributed by atoms with Crippen molar-refractivity contribution in [1.82, 2.24) is 0 Å². The summed E-state index contributed by atoms with van der Waals surface area (Å²) in [7, 11) is 3.17. The van der Waals surface area contributed by atoms with Crippen molar-refractivity contribution in [3.8, 4) is 11.5 Å². The molecule has 19 heavy (non-hydrogen) atoms. The molecule has 2 rings (SSSR count). The van der Waals surface area contributed by atoms with E-state index in [4.69, 9.17) is 9.47 Å². The van der Waals surface area contributed by atoms with Crippen molar-refractivity contribution in [2.24, 2.45) is 5.92 Å². The highest BCUT2D eigenvalue weighted by Gasteiger charge is 2.15. The Labute approximate surface area is 113 Å². The zero-order chi connectivity index (χ0) is 13.7. The lowest BCUT2D eigenvalue weighted by Gasteiger charge is -2.13. The molecule has 0 saturated heterocycles. The Kier molecular flexibility index (Phi) is 4.44. The van der Waals surface area contributed by atoms with Gasteiger partial charge in [-0.3, -0.25) is 4.79 Å². The zero-order valence-electron chi connectivity index (χ0n) is 11.3. The molecule has 1 aromatic rings. The minimum absolute atomic E-state index is 0.00287. The predicted molar refractivity (Wildman–Crippen MR) is 74.7 cm³/mol. The Morgan fingerprint density at radius 2 is 2.21 bits per heavy atom. The first kappa shape index (κ1) is 13.5. The van der Waals surface area contributed by atoms with E-state index in [2.05, 4.69) is 17.5 Å². The quantitative estimate of drug-likeness (QED) is 0.829. The number of amides is 1. The van der Waals surface area contributed by atoms with Crippen LogP contribution in [0.3, 0.4) is 0 Å². The van der Waals surface area contributed by atoms with Gasteiger partial charge in [-0.25, -0.2) is 0 Å². The van der Waals surface area contributed by atoms with Crippen molar-refractivity contribution in [3.05, 3.63) is 30.4 Å². The monoisotopic (exact) mass is 261 g/mol. The number of rotatable bonds is 5. The lowest BCUT2D eigenvalue weighted by molar-refractivity contribution is -0.116. The highest BCUT2D eigenvalue weighted by molar-refractivity contribution is 5.92. The average molecular weight is 261 g/mol. The van der Waals surface area contributed by atoms with E-state index in [1.807, 2.05) is 0 Å². The first-order valence-corrected chi connectivity index (χ1v) is 6.41. The Morgan fingerprint density at radius 1 is 1.37 bits per heavy atom. The van der Waals surface area contributed by atoms with Crippen LogP contribution < -0.4 is 14.8 Å². The number of methoxy groups -OCH3 is 2. The minimum Gasteiger partial charge on any atom is -0.497 e. The lowest BCUT2D eigenvalue weighted by atomic mass is 10.1. The second-order valence-electron chi connectivity index (χ2n) is 4.58. The van der Waals surface area contributed by atoms with E-state index in [-0.39, 0.29) is 5.91 Å². The molecule has 0 heterocycles. The summed E-state index contributed by atoms with van der Waals surface area (Å²) in [5, 5.41) is 2.89. The number of nitrogens with one attached hydrogen (secondary N) is 1. The molecule has 1 atom stereocenters. The van der Waals surface area contributed by atoms with E-state index in [1.165, 1.54) is 0 Å². The summed E-state index contributed by atoms with van der Waals surface area (Å²) in [6.45, 7) is 0. The van der Waals surface area contributed by atoms with Crippen molar-refractivity contribution in [2.75, 3.05) is 19.5 Å². The molecule has 1 N–H and O–H groups in total. The molecule has 1 unspecified atom stereocenters. The maximum absolute atomic E-state index is 12.0. The maximum Gasteiger partial charge on any atom is 0.225 e. The van der Waals surface area contributed by atoms with Gasteiger partial charge in [-0.1, -0.05) is 12.2 Å². The summed E-state index contributed by atoms with van der Waals surface area (Å²) < 4.78 is 10.4. The molecule has 1 aliphatic rings. The summed E-state index contributed by atoms with van der Waals surface area (Å²) in [6, 6.07) is 5.35. The molecule has 0 aromatic heterocycles. The van der Waals surface area contributed by atoms with E-state index in [0.717, 1.165) is 12.8 Å². The summed E-state index contributed by atoms with van der Waals surface area (Å²) in [6.07, 6.45) is 6.88. The van der Waals surface area contributed by atoms with Crippen molar-refractivity contribution in [2.45, 2.75) is 19.3 Å². The third kappa shape index (κ3) is 3.50. The molecular weight excluding hydrogens is 242 g/mol. The summed E-state index contributed by atoms with van der Waals surface area (Å²) in [5.74, 6) is 1.69. The van der Waals surface area contributed by atoms with Gasteiger partial charge in [0.25, 0.3) is 0 Å². The number of carbonyl (C=O) groups excluding carboxylic acids is 1. The van der Waals surface area contributed by atoms with Crippen LogP contribution in [0.1, 0.15) is 19.3 Å². The molecule has 4 nitrogen and oxygen atoms in total. The third-order valence-electron chi connectivity index (χ3n) is 3.24. The molecule has 0 bridgehead atoms. The average Bonchev–Trinajstić information content (AvgIpc) is 2.91. The number of hydrogen-bond donors (Lipinski definition) is 1. The van der Waals surface area contributed by atoms with Crippen LogP contribution in [0.25, 0.3) is 0 Å². The molecule has 102 valence electrons. The molecule has 1 aromatic carbocycles. The van der Waals surface area contributed by atoms with E-state index in [9.17, 15) is 4.79 Å². The third-order valence-corrected chi connectivity index (χ3v) is 3.24. The second-order valence-corrected chi connectivity index (χ2v) is 4.58. The van der Waals surface area contributed by atoms with Gasteiger partial charge in [0.15, 0.2) is 0 Å². The number of hydrogen-bond acceptors (Lipinski definition) is 3. The smallest absolute Gasteiger partial charge is 0.225 e. The molecule has 1 amide bonds.